The molecule has 2 heterocycles. The molecule has 0 bridgehead atoms. The van der Waals surface area contributed by atoms with Crippen LogP contribution in [0.4, 0.5) is 14.5 Å². The molecule has 10 heteroatoms. The van der Waals surface area contributed by atoms with E-state index in [1.165, 1.54) is 25.7 Å². The molecule has 0 saturated heterocycles. The number of methoxy groups -OCH3 is 1. The van der Waals surface area contributed by atoms with E-state index < -0.39 is 26.6 Å². The molecule has 4 rings (SSSR count). The first-order chi connectivity index (χ1) is 15.2. The van der Waals surface area contributed by atoms with Gasteiger partial charge in [0.15, 0.2) is 0 Å². The van der Waals surface area contributed by atoms with E-state index in [-0.39, 0.29) is 17.7 Å². The number of fused-ring (bicyclic) bond motifs is 1. The first-order valence-corrected chi connectivity index (χ1v) is 10.4. The Morgan fingerprint density at radius 1 is 1.13 bits per heavy atom. The minimum absolute atomic E-state index is 0.0383. The number of aromatic nitrogens is 3. The van der Waals surface area contributed by atoms with E-state index in [0.29, 0.717) is 28.1 Å². The Balaban J connectivity index is 1.81. The highest BCUT2D eigenvalue weighted by atomic mass is 32.2. The van der Waals surface area contributed by atoms with Gasteiger partial charge in [-0.1, -0.05) is 0 Å². The van der Waals surface area contributed by atoms with E-state index in [2.05, 4.69) is 19.7 Å². The Morgan fingerprint density at radius 3 is 2.68 bits per heavy atom. The summed E-state index contributed by atoms with van der Waals surface area (Å²) >= 11 is 0. The smallest absolute Gasteiger partial charge is 0.264 e. The molecule has 31 heavy (non-hydrogen) atoms. The molecule has 2 aromatic heterocycles. The summed E-state index contributed by atoms with van der Waals surface area (Å²) in [4.78, 5) is 11.5. The van der Waals surface area contributed by atoms with Crippen molar-refractivity contribution >= 4 is 26.6 Å². The average Bonchev–Trinajstić information content (AvgIpc) is 2.73. The van der Waals surface area contributed by atoms with Gasteiger partial charge in [-0.15, -0.1) is 0 Å². The number of hydrogen-bond acceptors (Lipinski definition) is 6. The predicted octanol–water partition coefficient (Wildman–Crippen LogP) is 4.09. The Bertz CT molecular complexity index is 1470. The maximum Gasteiger partial charge on any atom is 0.264 e. The Hall–Kier alpha value is -3.66. The van der Waals surface area contributed by atoms with Gasteiger partial charge in [-0.3, -0.25) is 4.72 Å². The summed E-state index contributed by atoms with van der Waals surface area (Å²) in [7, 11) is -3.10. The molecule has 0 aliphatic heterocycles. The lowest BCUT2D eigenvalue weighted by atomic mass is 9.99. The van der Waals surface area contributed by atoms with Gasteiger partial charge in [-0.25, -0.2) is 32.2 Å². The molecule has 0 saturated carbocycles. The number of pyridine rings is 1. The van der Waals surface area contributed by atoms with Crippen molar-refractivity contribution in [3.05, 3.63) is 72.3 Å². The lowest BCUT2D eigenvalue weighted by Gasteiger charge is -2.14. The molecule has 0 radical (unpaired) electrons. The monoisotopic (exact) mass is 443 g/mol. The number of anilines is 1. The maximum absolute atomic E-state index is 14.1. The predicted molar refractivity (Wildman–Crippen MR) is 111 cm³/mol. The second-order valence-corrected chi connectivity index (χ2v) is 8.28. The first kappa shape index (κ1) is 19.3. The highest BCUT2D eigenvalue weighted by Crippen LogP contribution is 2.33. The largest absolute Gasteiger partial charge is 0.480 e. The van der Waals surface area contributed by atoms with Crippen molar-refractivity contribution in [2.75, 3.05) is 11.8 Å². The van der Waals surface area contributed by atoms with Gasteiger partial charge < -0.3 is 4.74 Å². The number of sulfonamides is 1. The van der Waals surface area contributed by atoms with Crippen LogP contribution in [0.3, 0.4) is 0 Å². The number of hydrogen-bond donors (Lipinski definition) is 1. The lowest BCUT2D eigenvalue weighted by Crippen LogP contribution is -2.15. The number of ether oxygens (including phenoxy) is 1. The molecule has 0 fully saturated rings. The molecule has 158 valence electrons. The van der Waals surface area contributed by atoms with Crippen LogP contribution >= 0.6 is 0 Å². The molecule has 0 aliphatic carbocycles. The topological polar surface area (TPSA) is 94.1 Å². The molecule has 0 spiro atoms. The molecule has 0 aliphatic rings. The standard InChI is InChI=1S/C21H16F2N4O3S/c1-12-5-18-14(9-24-11-26-18)6-16(12)13-7-19(21(30-2)25-10-13)27-31(28,29)20-4-3-15(22)8-17(20)23/h3-11,27H,1-2H3/i9D. The summed E-state index contributed by atoms with van der Waals surface area (Å²) in [5.74, 6) is -2.16. The summed E-state index contributed by atoms with van der Waals surface area (Å²) < 4.78 is 68.2. The zero-order chi connectivity index (χ0) is 23.0. The molecule has 1 N–H and O–H groups in total. The lowest BCUT2D eigenvalue weighted by molar-refractivity contribution is 0.400. The zero-order valence-corrected chi connectivity index (χ0v) is 17.2. The van der Waals surface area contributed by atoms with Gasteiger partial charge in [-0.2, -0.15) is 0 Å². The fourth-order valence-corrected chi connectivity index (χ4v) is 4.23. The van der Waals surface area contributed by atoms with Gasteiger partial charge in [0.05, 0.1) is 14.0 Å². The normalized spacial score (nSPS) is 11.9. The van der Waals surface area contributed by atoms with E-state index in [0.717, 1.165) is 17.7 Å². The molecule has 2 aromatic carbocycles. The molecular formula is C21H16F2N4O3S. The van der Waals surface area contributed by atoms with E-state index in [4.69, 9.17) is 6.11 Å². The molecule has 0 atom stereocenters. The van der Waals surface area contributed by atoms with Crippen molar-refractivity contribution in [2.24, 2.45) is 0 Å². The summed E-state index contributed by atoms with van der Waals surface area (Å²) in [5, 5.41) is 0.513. The molecule has 0 unspecified atom stereocenters. The van der Waals surface area contributed by atoms with Crippen LogP contribution in [-0.4, -0.2) is 30.5 Å². The maximum atomic E-state index is 14.1. The molecule has 4 aromatic rings. The second-order valence-electron chi connectivity index (χ2n) is 6.63. The zero-order valence-electron chi connectivity index (χ0n) is 17.3. The highest BCUT2D eigenvalue weighted by molar-refractivity contribution is 7.92. The van der Waals surface area contributed by atoms with E-state index in [1.807, 2.05) is 6.92 Å². The third-order valence-electron chi connectivity index (χ3n) is 4.57. The minimum Gasteiger partial charge on any atom is -0.480 e. The quantitative estimate of drug-likeness (QED) is 0.499. The van der Waals surface area contributed by atoms with Gasteiger partial charge in [0.2, 0.25) is 5.88 Å². The number of benzene rings is 2. The van der Waals surface area contributed by atoms with Crippen molar-refractivity contribution in [1.29, 1.82) is 0 Å². The Kier molecular flexibility index (Phi) is 4.91. The minimum atomic E-state index is -4.41. The van der Waals surface area contributed by atoms with E-state index in [1.54, 1.807) is 12.1 Å². The van der Waals surface area contributed by atoms with Gasteiger partial charge in [-0.05, 0) is 48.4 Å². The Morgan fingerprint density at radius 2 is 1.94 bits per heavy atom. The van der Waals surface area contributed by atoms with Gasteiger partial charge in [0.25, 0.3) is 10.0 Å². The van der Waals surface area contributed by atoms with Crippen molar-refractivity contribution in [2.45, 2.75) is 11.8 Å². The average molecular weight is 443 g/mol. The molecular weight excluding hydrogens is 426 g/mol. The fraction of sp³-hybridized carbons (Fsp3) is 0.0952. The molecule has 0 amide bonds. The van der Waals surface area contributed by atoms with Crippen LogP contribution in [0.2, 0.25) is 0 Å². The number of halogens is 2. The summed E-state index contributed by atoms with van der Waals surface area (Å²) in [5.41, 5.74) is 2.56. The number of rotatable bonds is 5. The van der Waals surface area contributed by atoms with Gasteiger partial charge >= 0.3 is 0 Å². The van der Waals surface area contributed by atoms with Crippen LogP contribution in [0.1, 0.15) is 6.93 Å². The van der Waals surface area contributed by atoms with Gasteiger partial charge in [0.1, 0.15) is 28.5 Å². The third kappa shape index (κ3) is 4.02. The van der Waals surface area contributed by atoms with Crippen LogP contribution in [-0.2, 0) is 10.0 Å². The summed E-state index contributed by atoms with van der Waals surface area (Å²) in [6, 6.07) is 7.15. The number of nitrogens with one attached hydrogen (secondary N) is 1. The third-order valence-corrected chi connectivity index (χ3v) is 5.96. The van der Waals surface area contributed by atoms with E-state index >= 15 is 0 Å². The van der Waals surface area contributed by atoms with Crippen molar-refractivity contribution in [1.82, 2.24) is 15.0 Å². The SMILES string of the molecule is [2H]c1ncnc2cc(C)c(-c3cnc(OC)c(NS(=O)(=O)c4ccc(F)cc4F)c3)cc12. The first-order valence-electron chi connectivity index (χ1n) is 9.44. The highest BCUT2D eigenvalue weighted by Gasteiger charge is 2.22. The van der Waals surface area contributed by atoms with Crippen LogP contribution in [0.15, 0.2) is 60.0 Å². The summed E-state index contributed by atoms with van der Waals surface area (Å²) in [6.45, 7) is 1.84. The van der Waals surface area contributed by atoms with Crippen LogP contribution in [0.5, 0.6) is 5.88 Å². The van der Waals surface area contributed by atoms with Crippen molar-refractivity contribution < 1.29 is 23.3 Å². The Labute approximate surface area is 178 Å². The van der Waals surface area contributed by atoms with Crippen molar-refractivity contribution in [3.8, 4) is 17.0 Å². The summed E-state index contributed by atoms with van der Waals surface area (Å²) in [6.07, 6.45) is 2.84. The number of aryl methyl sites for hydroxylation is 1. The van der Waals surface area contributed by atoms with Crippen molar-refractivity contribution in [3.63, 3.8) is 0 Å². The van der Waals surface area contributed by atoms with Crippen LogP contribution < -0.4 is 9.46 Å². The molecule has 7 nitrogen and oxygen atoms in total. The van der Waals surface area contributed by atoms with E-state index in [9.17, 15) is 17.2 Å². The fourth-order valence-electron chi connectivity index (χ4n) is 3.12. The second kappa shape index (κ2) is 7.88. The van der Waals surface area contributed by atoms with Crippen LogP contribution in [0, 0.1) is 18.6 Å². The van der Waals surface area contributed by atoms with Crippen LogP contribution in [0.25, 0.3) is 22.0 Å². The number of nitrogens with zero attached hydrogens (tertiary/aromatic N) is 3. The van der Waals surface area contributed by atoms with Gasteiger partial charge in [0, 0.05) is 29.4 Å².